The van der Waals surface area contributed by atoms with E-state index >= 15 is 0 Å². The van der Waals surface area contributed by atoms with Gasteiger partial charge in [0.25, 0.3) is 0 Å². The average molecular weight is 375 g/mol. The summed E-state index contributed by atoms with van der Waals surface area (Å²) in [6.45, 7) is 8.77. The van der Waals surface area contributed by atoms with Crippen molar-refractivity contribution in [2.24, 2.45) is 0 Å². The van der Waals surface area contributed by atoms with Crippen molar-refractivity contribution in [1.29, 1.82) is 0 Å². The Bertz CT molecular complexity index is 921. The summed E-state index contributed by atoms with van der Waals surface area (Å²) < 4.78 is 0. The number of anilines is 3. The summed E-state index contributed by atoms with van der Waals surface area (Å²) in [5.74, 6) is 1.42. The van der Waals surface area contributed by atoms with Crippen LogP contribution in [0.1, 0.15) is 16.7 Å². The molecule has 144 valence electrons. The molecule has 3 heterocycles. The SMILES string of the molecule is Cc1cccc(N2CCN(c3cnnc(NCc4ccncc4)n3)CC2)c1C. The van der Waals surface area contributed by atoms with Crippen molar-refractivity contribution < 1.29 is 0 Å². The van der Waals surface area contributed by atoms with Gasteiger partial charge in [-0.2, -0.15) is 10.1 Å². The number of rotatable bonds is 5. The van der Waals surface area contributed by atoms with Gasteiger partial charge >= 0.3 is 0 Å². The van der Waals surface area contributed by atoms with Crippen LogP contribution in [0, 0.1) is 13.8 Å². The highest BCUT2D eigenvalue weighted by molar-refractivity contribution is 5.57. The fourth-order valence-electron chi connectivity index (χ4n) is 3.46. The number of pyridine rings is 1. The Labute approximate surface area is 165 Å². The maximum atomic E-state index is 4.65. The lowest BCUT2D eigenvalue weighted by atomic mass is 10.1. The lowest BCUT2D eigenvalue weighted by molar-refractivity contribution is 0.643. The third-order valence-electron chi connectivity index (χ3n) is 5.27. The Morgan fingerprint density at radius 1 is 0.964 bits per heavy atom. The predicted octanol–water partition coefficient (Wildman–Crippen LogP) is 2.82. The van der Waals surface area contributed by atoms with E-state index < -0.39 is 0 Å². The number of piperazine rings is 1. The van der Waals surface area contributed by atoms with Crippen LogP contribution in [0.4, 0.5) is 17.5 Å². The molecule has 7 nitrogen and oxygen atoms in total. The standard InChI is InChI=1S/C21H25N7/c1-16-4-3-5-19(17(16)2)27-10-12-28(13-11-27)20-15-24-26-21(25-20)23-14-18-6-8-22-9-7-18/h3-9,15H,10-14H2,1-2H3,(H,23,25,26). The Kier molecular flexibility index (Phi) is 5.32. The zero-order chi connectivity index (χ0) is 19.3. The number of nitrogens with zero attached hydrogens (tertiary/aromatic N) is 6. The zero-order valence-corrected chi connectivity index (χ0v) is 16.3. The second-order valence-corrected chi connectivity index (χ2v) is 7.04. The first-order valence-corrected chi connectivity index (χ1v) is 9.59. The summed E-state index contributed by atoms with van der Waals surface area (Å²) in [6.07, 6.45) is 5.30. The second kappa shape index (κ2) is 8.21. The van der Waals surface area contributed by atoms with Crippen molar-refractivity contribution in [1.82, 2.24) is 20.2 Å². The molecule has 0 unspecified atom stereocenters. The van der Waals surface area contributed by atoms with Crippen LogP contribution in [0.15, 0.2) is 48.9 Å². The first-order valence-electron chi connectivity index (χ1n) is 9.59. The summed E-state index contributed by atoms with van der Waals surface area (Å²) >= 11 is 0. The van der Waals surface area contributed by atoms with Gasteiger partial charge in [0.15, 0.2) is 5.82 Å². The van der Waals surface area contributed by atoms with Crippen molar-refractivity contribution in [3.8, 4) is 0 Å². The molecule has 1 aliphatic heterocycles. The molecule has 4 rings (SSSR count). The van der Waals surface area contributed by atoms with Crippen LogP contribution < -0.4 is 15.1 Å². The number of aromatic nitrogens is 4. The van der Waals surface area contributed by atoms with E-state index in [2.05, 4.69) is 67.3 Å². The Hall–Kier alpha value is -3.22. The van der Waals surface area contributed by atoms with Gasteiger partial charge in [-0.15, -0.1) is 5.10 Å². The monoisotopic (exact) mass is 375 g/mol. The fourth-order valence-corrected chi connectivity index (χ4v) is 3.46. The molecule has 0 saturated carbocycles. The smallest absolute Gasteiger partial charge is 0.244 e. The maximum Gasteiger partial charge on any atom is 0.244 e. The summed E-state index contributed by atoms with van der Waals surface area (Å²) in [5.41, 5.74) is 5.17. The minimum absolute atomic E-state index is 0.547. The van der Waals surface area contributed by atoms with Gasteiger partial charge in [0.1, 0.15) is 0 Å². The molecule has 0 atom stereocenters. The second-order valence-electron chi connectivity index (χ2n) is 7.04. The van der Waals surface area contributed by atoms with Gasteiger partial charge in [-0.3, -0.25) is 4.98 Å². The van der Waals surface area contributed by atoms with E-state index in [0.717, 1.165) is 37.6 Å². The van der Waals surface area contributed by atoms with Gasteiger partial charge in [0.2, 0.25) is 5.95 Å². The fraction of sp³-hybridized carbons (Fsp3) is 0.333. The summed E-state index contributed by atoms with van der Waals surface area (Å²) in [5, 5.41) is 11.5. The predicted molar refractivity (Wildman–Crippen MR) is 112 cm³/mol. The first kappa shape index (κ1) is 18.2. The molecule has 0 spiro atoms. The normalized spacial score (nSPS) is 14.2. The van der Waals surface area contributed by atoms with Crippen molar-refractivity contribution in [2.75, 3.05) is 41.3 Å². The Morgan fingerprint density at radius 3 is 2.50 bits per heavy atom. The van der Waals surface area contributed by atoms with E-state index in [-0.39, 0.29) is 0 Å². The van der Waals surface area contributed by atoms with Crippen LogP contribution >= 0.6 is 0 Å². The van der Waals surface area contributed by atoms with E-state index in [1.54, 1.807) is 18.6 Å². The topological polar surface area (TPSA) is 70.1 Å². The highest BCUT2D eigenvalue weighted by atomic mass is 15.3. The Balaban J connectivity index is 1.39. The summed E-state index contributed by atoms with van der Waals surface area (Å²) in [7, 11) is 0. The summed E-state index contributed by atoms with van der Waals surface area (Å²) in [6, 6.07) is 10.5. The molecular formula is C21H25N7. The molecule has 1 saturated heterocycles. The molecule has 0 aliphatic carbocycles. The molecular weight excluding hydrogens is 350 g/mol. The molecule has 1 aliphatic rings. The molecule has 0 bridgehead atoms. The highest BCUT2D eigenvalue weighted by Crippen LogP contribution is 2.25. The van der Waals surface area contributed by atoms with Crippen LogP contribution in [0.3, 0.4) is 0 Å². The van der Waals surface area contributed by atoms with Crippen LogP contribution in [-0.2, 0) is 6.54 Å². The third-order valence-corrected chi connectivity index (χ3v) is 5.27. The van der Waals surface area contributed by atoms with Gasteiger partial charge in [0.05, 0.1) is 6.20 Å². The van der Waals surface area contributed by atoms with Gasteiger partial charge < -0.3 is 15.1 Å². The molecule has 1 fully saturated rings. The third kappa shape index (κ3) is 4.03. The number of aryl methyl sites for hydroxylation is 1. The van der Waals surface area contributed by atoms with Gasteiger partial charge in [-0.25, -0.2) is 0 Å². The molecule has 1 aromatic carbocycles. The van der Waals surface area contributed by atoms with Crippen LogP contribution in [0.25, 0.3) is 0 Å². The quantitative estimate of drug-likeness (QED) is 0.735. The van der Waals surface area contributed by atoms with E-state index in [4.69, 9.17) is 0 Å². The van der Waals surface area contributed by atoms with Crippen molar-refractivity contribution >= 4 is 17.5 Å². The number of benzene rings is 1. The zero-order valence-electron chi connectivity index (χ0n) is 16.3. The van der Waals surface area contributed by atoms with Crippen LogP contribution in [-0.4, -0.2) is 46.3 Å². The van der Waals surface area contributed by atoms with E-state index in [1.807, 2.05) is 12.1 Å². The summed E-state index contributed by atoms with van der Waals surface area (Å²) in [4.78, 5) is 13.4. The molecule has 0 radical (unpaired) electrons. The van der Waals surface area contributed by atoms with Crippen molar-refractivity contribution in [3.05, 3.63) is 65.6 Å². The lowest BCUT2D eigenvalue weighted by Crippen LogP contribution is -2.47. The van der Waals surface area contributed by atoms with Crippen molar-refractivity contribution in [2.45, 2.75) is 20.4 Å². The largest absolute Gasteiger partial charge is 0.368 e. The van der Waals surface area contributed by atoms with Crippen LogP contribution in [0.5, 0.6) is 0 Å². The minimum Gasteiger partial charge on any atom is -0.368 e. The minimum atomic E-state index is 0.547. The molecule has 0 amide bonds. The van der Waals surface area contributed by atoms with Gasteiger partial charge in [-0.1, -0.05) is 12.1 Å². The van der Waals surface area contributed by atoms with Crippen molar-refractivity contribution in [3.63, 3.8) is 0 Å². The van der Waals surface area contributed by atoms with Gasteiger partial charge in [-0.05, 0) is 48.7 Å². The molecule has 3 aromatic rings. The van der Waals surface area contributed by atoms with Crippen LogP contribution in [0.2, 0.25) is 0 Å². The van der Waals surface area contributed by atoms with E-state index in [1.165, 1.54) is 16.8 Å². The number of hydrogen-bond acceptors (Lipinski definition) is 7. The van der Waals surface area contributed by atoms with E-state index in [0.29, 0.717) is 12.5 Å². The van der Waals surface area contributed by atoms with Gasteiger partial charge in [0, 0.05) is 50.8 Å². The molecule has 28 heavy (non-hydrogen) atoms. The molecule has 1 N–H and O–H groups in total. The number of hydrogen-bond donors (Lipinski definition) is 1. The van der Waals surface area contributed by atoms with E-state index in [9.17, 15) is 0 Å². The Morgan fingerprint density at radius 2 is 1.71 bits per heavy atom. The average Bonchev–Trinajstić information content (AvgIpc) is 2.75. The lowest BCUT2D eigenvalue weighted by Gasteiger charge is -2.37. The first-order chi connectivity index (χ1) is 13.7. The molecule has 2 aromatic heterocycles. The number of nitrogens with one attached hydrogen (secondary N) is 1. The molecule has 7 heteroatoms. The highest BCUT2D eigenvalue weighted by Gasteiger charge is 2.20. The maximum absolute atomic E-state index is 4.65.